The molecule has 0 aromatic heterocycles. The molecule has 0 spiro atoms. The molecule has 3 heteroatoms. The molecule has 1 aliphatic carbocycles. The van der Waals surface area contributed by atoms with E-state index in [0.29, 0.717) is 11.4 Å². The van der Waals surface area contributed by atoms with Crippen molar-refractivity contribution in [2.75, 3.05) is 13.1 Å². The number of hydrogen-bond donors (Lipinski definition) is 2. The first-order chi connectivity index (χ1) is 5.56. The van der Waals surface area contributed by atoms with Gasteiger partial charge in [-0.15, -0.1) is 0 Å². The SMILES string of the molecule is CCNC(N)=NCC1CC1(C)C. The molecule has 12 heavy (non-hydrogen) atoms. The van der Waals surface area contributed by atoms with Crippen LogP contribution in [0, 0.1) is 11.3 Å². The third kappa shape index (κ3) is 2.40. The van der Waals surface area contributed by atoms with Crippen LogP contribution in [0.1, 0.15) is 27.2 Å². The molecule has 0 heterocycles. The van der Waals surface area contributed by atoms with Gasteiger partial charge < -0.3 is 11.1 Å². The van der Waals surface area contributed by atoms with Crippen molar-refractivity contribution in [3.8, 4) is 0 Å². The number of rotatable bonds is 3. The maximum atomic E-state index is 5.59. The van der Waals surface area contributed by atoms with Crippen molar-refractivity contribution in [1.82, 2.24) is 5.32 Å². The molecule has 1 rings (SSSR count). The summed E-state index contributed by atoms with van der Waals surface area (Å²) in [6.07, 6.45) is 1.29. The average molecular weight is 169 g/mol. The lowest BCUT2D eigenvalue weighted by atomic mass is 10.1. The minimum absolute atomic E-state index is 0.510. The Morgan fingerprint density at radius 1 is 1.67 bits per heavy atom. The van der Waals surface area contributed by atoms with Gasteiger partial charge in [-0.1, -0.05) is 13.8 Å². The van der Waals surface area contributed by atoms with Gasteiger partial charge in [-0.25, -0.2) is 0 Å². The Bertz CT molecular complexity index is 184. The zero-order valence-electron chi connectivity index (χ0n) is 8.22. The predicted molar refractivity (Wildman–Crippen MR) is 52.1 cm³/mol. The smallest absolute Gasteiger partial charge is 0.188 e. The van der Waals surface area contributed by atoms with Crippen LogP contribution in [-0.2, 0) is 0 Å². The third-order valence-electron chi connectivity index (χ3n) is 2.56. The zero-order valence-corrected chi connectivity index (χ0v) is 8.22. The molecule has 3 nitrogen and oxygen atoms in total. The first-order valence-corrected chi connectivity index (χ1v) is 4.60. The van der Waals surface area contributed by atoms with E-state index in [0.717, 1.165) is 19.0 Å². The van der Waals surface area contributed by atoms with Crippen LogP contribution in [0.2, 0.25) is 0 Å². The van der Waals surface area contributed by atoms with Crippen LogP contribution >= 0.6 is 0 Å². The van der Waals surface area contributed by atoms with Gasteiger partial charge in [0.05, 0.1) is 0 Å². The van der Waals surface area contributed by atoms with Gasteiger partial charge in [0.1, 0.15) is 0 Å². The molecule has 0 amide bonds. The van der Waals surface area contributed by atoms with Crippen LogP contribution in [0.5, 0.6) is 0 Å². The fraction of sp³-hybridized carbons (Fsp3) is 0.889. The van der Waals surface area contributed by atoms with E-state index in [-0.39, 0.29) is 0 Å². The fourth-order valence-electron chi connectivity index (χ4n) is 1.33. The van der Waals surface area contributed by atoms with Gasteiger partial charge in [0.15, 0.2) is 5.96 Å². The Morgan fingerprint density at radius 3 is 2.67 bits per heavy atom. The topological polar surface area (TPSA) is 50.4 Å². The largest absolute Gasteiger partial charge is 0.370 e. The van der Waals surface area contributed by atoms with Gasteiger partial charge in [0.25, 0.3) is 0 Å². The molecule has 0 saturated heterocycles. The first-order valence-electron chi connectivity index (χ1n) is 4.60. The first kappa shape index (κ1) is 9.36. The van der Waals surface area contributed by atoms with Crippen LogP contribution in [0.25, 0.3) is 0 Å². The minimum atomic E-state index is 0.510. The van der Waals surface area contributed by atoms with Gasteiger partial charge in [0.2, 0.25) is 0 Å². The molecule has 1 unspecified atom stereocenters. The molecular weight excluding hydrogens is 150 g/mol. The van der Waals surface area contributed by atoms with E-state index in [4.69, 9.17) is 5.73 Å². The van der Waals surface area contributed by atoms with E-state index in [1.54, 1.807) is 0 Å². The van der Waals surface area contributed by atoms with Crippen molar-refractivity contribution in [3.05, 3.63) is 0 Å². The molecule has 1 aliphatic rings. The molecule has 0 bridgehead atoms. The summed E-state index contributed by atoms with van der Waals surface area (Å²) in [7, 11) is 0. The van der Waals surface area contributed by atoms with E-state index in [1.165, 1.54) is 6.42 Å². The lowest BCUT2D eigenvalue weighted by molar-refractivity contribution is 0.565. The van der Waals surface area contributed by atoms with Gasteiger partial charge in [-0.05, 0) is 24.7 Å². The molecule has 0 aromatic rings. The molecule has 0 aromatic carbocycles. The molecule has 0 radical (unpaired) electrons. The van der Waals surface area contributed by atoms with Crippen LogP contribution in [0.3, 0.4) is 0 Å². The van der Waals surface area contributed by atoms with Crippen molar-refractivity contribution < 1.29 is 0 Å². The van der Waals surface area contributed by atoms with Crippen LogP contribution in [0.15, 0.2) is 4.99 Å². The van der Waals surface area contributed by atoms with Crippen molar-refractivity contribution in [1.29, 1.82) is 0 Å². The zero-order chi connectivity index (χ0) is 9.19. The van der Waals surface area contributed by atoms with Crippen LogP contribution in [0.4, 0.5) is 0 Å². The molecule has 0 aliphatic heterocycles. The van der Waals surface area contributed by atoms with E-state index in [2.05, 4.69) is 24.2 Å². The Hall–Kier alpha value is -0.730. The van der Waals surface area contributed by atoms with Gasteiger partial charge in [0, 0.05) is 13.1 Å². The molecular formula is C9H19N3. The molecule has 3 N–H and O–H groups in total. The summed E-state index contributed by atoms with van der Waals surface area (Å²) in [6.45, 7) is 8.30. The molecule has 1 fully saturated rings. The fourth-order valence-corrected chi connectivity index (χ4v) is 1.33. The normalized spacial score (nSPS) is 26.9. The van der Waals surface area contributed by atoms with Gasteiger partial charge >= 0.3 is 0 Å². The summed E-state index contributed by atoms with van der Waals surface area (Å²) >= 11 is 0. The van der Waals surface area contributed by atoms with E-state index in [9.17, 15) is 0 Å². The molecule has 1 saturated carbocycles. The summed E-state index contributed by atoms with van der Waals surface area (Å²) < 4.78 is 0. The third-order valence-corrected chi connectivity index (χ3v) is 2.56. The van der Waals surface area contributed by atoms with Crippen LogP contribution < -0.4 is 11.1 Å². The second-order valence-electron chi connectivity index (χ2n) is 4.15. The Balaban J connectivity index is 2.21. The second kappa shape index (κ2) is 3.33. The van der Waals surface area contributed by atoms with E-state index < -0.39 is 0 Å². The highest BCUT2D eigenvalue weighted by molar-refractivity contribution is 5.77. The Morgan fingerprint density at radius 2 is 2.25 bits per heavy atom. The highest BCUT2D eigenvalue weighted by atomic mass is 15.1. The van der Waals surface area contributed by atoms with Crippen molar-refractivity contribution in [2.24, 2.45) is 22.1 Å². The average Bonchev–Trinajstić information content (AvgIpc) is 2.56. The van der Waals surface area contributed by atoms with Crippen molar-refractivity contribution in [2.45, 2.75) is 27.2 Å². The number of nitrogens with zero attached hydrogens (tertiary/aromatic N) is 1. The van der Waals surface area contributed by atoms with E-state index in [1.807, 2.05) is 6.92 Å². The maximum Gasteiger partial charge on any atom is 0.188 e. The number of nitrogens with one attached hydrogen (secondary N) is 1. The number of hydrogen-bond acceptors (Lipinski definition) is 1. The summed E-state index contributed by atoms with van der Waals surface area (Å²) in [6, 6.07) is 0. The lowest BCUT2D eigenvalue weighted by Gasteiger charge is -2.02. The minimum Gasteiger partial charge on any atom is -0.370 e. The van der Waals surface area contributed by atoms with Crippen LogP contribution in [-0.4, -0.2) is 19.0 Å². The summed E-state index contributed by atoms with van der Waals surface area (Å²) in [5, 5.41) is 2.98. The monoisotopic (exact) mass is 169 g/mol. The summed E-state index contributed by atoms with van der Waals surface area (Å²) in [4.78, 5) is 4.25. The second-order valence-corrected chi connectivity index (χ2v) is 4.15. The highest BCUT2D eigenvalue weighted by Crippen LogP contribution is 2.51. The lowest BCUT2D eigenvalue weighted by Crippen LogP contribution is -2.31. The predicted octanol–water partition coefficient (Wildman–Crippen LogP) is 0.957. The Kier molecular flexibility index (Phi) is 2.60. The van der Waals surface area contributed by atoms with Gasteiger partial charge in [-0.2, -0.15) is 0 Å². The number of nitrogens with two attached hydrogens (primary N) is 1. The quantitative estimate of drug-likeness (QED) is 0.488. The van der Waals surface area contributed by atoms with Crippen molar-refractivity contribution in [3.63, 3.8) is 0 Å². The standard InChI is InChI=1S/C9H19N3/c1-4-11-8(10)12-6-7-5-9(7,2)3/h7H,4-6H2,1-3H3,(H3,10,11,12). The summed E-state index contributed by atoms with van der Waals surface area (Å²) in [5.41, 5.74) is 6.10. The molecule has 1 atom stereocenters. The van der Waals surface area contributed by atoms with Crippen molar-refractivity contribution >= 4 is 5.96 Å². The maximum absolute atomic E-state index is 5.59. The van der Waals surface area contributed by atoms with E-state index >= 15 is 0 Å². The summed E-state index contributed by atoms with van der Waals surface area (Å²) in [5.74, 6) is 1.33. The highest BCUT2D eigenvalue weighted by Gasteiger charge is 2.44. The Labute approximate surface area is 74.4 Å². The van der Waals surface area contributed by atoms with Gasteiger partial charge in [-0.3, -0.25) is 4.99 Å². The number of guanidine groups is 1. The molecule has 70 valence electrons. The number of aliphatic imine (C=N–C) groups is 1.